The molecule has 0 N–H and O–H groups in total. The highest BCUT2D eigenvalue weighted by atomic mass is 16.5. The maximum Gasteiger partial charge on any atom is 0.338 e. The molecule has 1 aliphatic rings. The van der Waals surface area contributed by atoms with E-state index < -0.39 is 0 Å². The molecular formula is C13H15NO3. The molecule has 1 amide bonds. The average Bonchev–Trinajstić information content (AvgIpc) is 2.70. The number of nitrogens with zero attached hydrogens (tertiary/aromatic N) is 1. The van der Waals surface area contributed by atoms with Crippen LogP contribution in [0.1, 0.15) is 23.7 Å². The van der Waals surface area contributed by atoms with Crippen molar-refractivity contribution in [2.75, 3.05) is 13.1 Å². The van der Waals surface area contributed by atoms with Crippen LogP contribution in [0.25, 0.3) is 0 Å². The number of ether oxygens (including phenoxy) is 1. The zero-order valence-corrected chi connectivity index (χ0v) is 9.76. The molecule has 0 bridgehead atoms. The minimum Gasteiger partial charge on any atom is -0.456 e. The third-order valence-electron chi connectivity index (χ3n) is 2.84. The number of esters is 1. The van der Waals surface area contributed by atoms with E-state index in [-0.39, 0.29) is 18.0 Å². The van der Waals surface area contributed by atoms with Gasteiger partial charge in [-0.25, -0.2) is 4.79 Å². The van der Waals surface area contributed by atoms with Crippen molar-refractivity contribution in [3.63, 3.8) is 0 Å². The second-order valence-corrected chi connectivity index (χ2v) is 4.03. The Morgan fingerprint density at radius 1 is 1.41 bits per heavy atom. The Bertz CT molecular complexity index is 416. The van der Waals surface area contributed by atoms with Gasteiger partial charge in [-0.15, -0.1) is 0 Å². The van der Waals surface area contributed by atoms with Crippen molar-refractivity contribution in [2.45, 2.75) is 19.4 Å². The Labute approximate surface area is 100 Å². The molecule has 1 unspecified atom stereocenters. The first-order chi connectivity index (χ1) is 8.20. The summed E-state index contributed by atoms with van der Waals surface area (Å²) in [4.78, 5) is 24.9. The smallest absolute Gasteiger partial charge is 0.338 e. The standard InChI is InChI=1S/C13H15NO3/c1-2-14-9-11(8-12(14)15)17-13(16)10-6-4-3-5-7-10/h3-7,11H,2,8-9H2,1H3. The van der Waals surface area contributed by atoms with Gasteiger partial charge in [0.25, 0.3) is 0 Å². The highest BCUT2D eigenvalue weighted by Crippen LogP contribution is 2.15. The molecular weight excluding hydrogens is 218 g/mol. The largest absolute Gasteiger partial charge is 0.456 e. The quantitative estimate of drug-likeness (QED) is 0.743. The lowest BCUT2D eigenvalue weighted by atomic mass is 10.2. The highest BCUT2D eigenvalue weighted by molar-refractivity contribution is 5.90. The Morgan fingerprint density at radius 2 is 2.12 bits per heavy atom. The molecule has 4 heteroatoms. The minimum absolute atomic E-state index is 0.0540. The molecule has 0 aromatic heterocycles. The van der Waals surface area contributed by atoms with Crippen LogP contribution in [0.4, 0.5) is 0 Å². The van der Waals surface area contributed by atoms with E-state index in [9.17, 15) is 9.59 Å². The van der Waals surface area contributed by atoms with Crippen LogP contribution in [-0.2, 0) is 9.53 Å². The van der Waals surface area contributed by atoms with Gasteiger partial charge in [-0.05, 0) is 19.1 Å². The van der Waals surface area contributed by atoms with E-state index in [0.29, 0.717) is 25.1 Å². The van der Waals surface area contributed by atoms with Crippen molar-refractivity contribution in [2.24, 2.45) is 0 Å². The van der Waals surface area contributed by atoms with E-state index in [1.54, 1.807) is 29.2 Å². The summed E-state index contributed by atoms with van der Waals surface area (Å²) in [5.41, 5.74) is 0.523. The van der Waals surface area contributed by atoms with Gasteiger partial charge in [0.05, 0.1) is 18.5 Å². The Balaban J connectivity index is 1.95. The highest BCUT2D eigenvalue weighted by Gasteiger charge is 2.31. The number of rotatable bonds is 3. The summed E-state index contributed by atoms with van der Waals surface area (Å²) in [5, 5.41) is 0. The maximum absolute atomic E-state index is 11.8. The number of carbonyl (C=O) groups excluding carboxylic acids is 2. The molecule has 0 radical (unpaired) electrons. The third-order valence-corrected chi connectivity index (χ3v) is 2.84. The fourth-order valence-corrected chi connectivity index (χ4v) is 1.91. The van der Waals surface area contributed by atoms with Crippen LogP contribution in [0, 0.1) is 0 Å². The molecule has 0 spiro atoms. The van der Waals surface area contributed by atoms with Gasteiger partial charge in [0.2, 0.25) is 5.91 Å². The van der Waals surface area contributed by atoms with Crippen LogP contribution in [0.5, 0.6) is 0 Å². The maximum atomic E-state index is 11.8. The number of hydrogen-bond acceptors (Lipinski definition) is 3. The molecule has 1 aromatic carbocycles. The predicted octanol–water partition coefficient (Wildman–Crippen LogP) is 1.46. The monoisotopic (exact) mass is 233 g/mol. The van der Waals surface area contributed by atoms with E-state index in [0.717, 1.165) is 0 Å². The Kier molecular flexibility index (Phi) is 3.42. The molecule has 0 saturated carbocycles. The lowest BCUT2D eigenvalue weighted by molar-refractivity contribution is -0.127. The molecule has 1 atom stereocenters. The summed E-state index contributed by atoms with van der Waals surface area (Å²) >= 11 is 0. The van der Waals surface area contributed by atoms with Crippen molar-refractivity contribution in [3.05, 3.63) is 35.9 Å². The fraction of sp³-hybridized carbons (Fsp3) is 0.385. The lowest BCUT2D eigenvalue weighted by Gasteiger charge is -2.14. The minimum atomic E-state index is -0.360. The average molecular weight is 233 g/mol. The first-order valence-corrected chi connectivity index (χ1v) is 5.74. The van der Waals surface area contributed by atoms with Gasteiger partial charge in [0.15, 0.2) is 0 Å². The van der Waals surface area contributed by atoms with Gasteiger partial charge in [-0.3, -0.25) is 4.79 Å². The molecule has 90 valence electrons. The summed E-state index contributed by atoms with van der Waals surface area (Å²) in [6, 6.07) is 8.82. The summed E-state index contributed by atoms with van der Waals surface area (Å²) < 4.78 is 5.30. The zero-order chi connectivity index (χ0) is 12.3. The van der Waals surface area contributed by atoms with Crippen LogP contribution in [0.3, 0.4) is 0 Å². The number of likely N-dealkylation sites (tertiary alicyclic amines) is 1. The molecule has 17 heavy (non-hydrogen) atoms. The van der Waals surface area contributed by atoms with Crippen LogP contribution >= 0.6 is 0 Å². The van der Waals surface area contributed by atoms with Crippen molar-refractivity contribution in [1.29, 1.82) is 0 Å². The SMILES string of the molecule is CCN1CC(OC(=O)c2ccccc2)CC1=O. The number of benzene rings is 1. The summed E-state index contributed by atoms with van der Waals surface area (Å²) in [7, 11) is 0. The van der Waals surface area contributed by atoms with Crippen molar-refractivity contribution >= 4 is 11.9 Å². The van der Waals surface area contributed by atoms with Gasteiger partial charge in [0.1, 0.15) is 6.10 Å². The molecule has 4 nitrogen and oxygen atoms in total. The number of carbonyl (C=O) groups is 2. The Hall–Kier alpha value is -1.84. The van der Waals surface area contributed by atoms with E-state index in [2.05, 4.69) is 0 Å². The van der Waals surface area contributed by atoms with Crippen LogP contribution in [0.2, 0.25) is 0 Å². The van der Waals surface area contributed by atoms with E-state index >= 15 is 0 Å². The van der Waals surface area contributed by atoms with Crippen molar-refractivity contribution in [1.82, 2.24) is 4.90 Å². The molecule has 0 aliphatic carbocycles. The fourth-order valence-electron chi connectivity index (χ4n) is 1.91. The van der Waals surface area contributed by atoms with E-state index in [1.165, 1.54) is 0 Å². The second-order valence-electron chi connectivity index (χ2n) is 4.03. The number of likely N-dealkylation sites (N-methyl/N-ethyl adjacent to an activating group) is 1. The molecule has 1 heterocycles. The molecule has 1 fully saturated rings. The molecule has 1 saturated heterocycles. The van der Waals surface area contributed by atoms with E-state index in [4.69, 9.17) is 4.74 Å². The van der Waals surface area contributed by atoms with Gasteiger partial charge < -0.3 is 9.64 Å². The summed E-state index contributed by atoms with van der Waals surface area (Å²) in [6.07, 6.45) is -0.0120. The van der Waals surface area contributed by atoms with Gasteiger partial charge in [-0.1, -0.05) is 18.2 Å². The van der Waals surface area contributed by atoms with Gasteiger partial charge >= 0.3 is 5.97 Å². The molecule has 1 aromatic rings. The topological polar surface area (TPSA) is 46.6 Å². The van der Waals surface area contributed by atoms with Crippen LogP contribution in [-0.4, -0.2) is 36.0 Å². The summed E-state index contributed by atoms with van der Waals surface area (Å²) in [6.45, 7) is 3.09. The number of hydrogen-bond donors (Lipinski definition) is 0. The number of amides is 1. The predicted molar refractivity (Wildman–Crippen MR) is 62.5 cm³/mol. The molecule has 2 rings (SSSR count). The first-order valence-electron chi connectivity index (χ1n) is 5.74. The van der Waals surface area contributed by atoms with Gasteiger partial charge in [-0.2, -0.15) is 0 Å². The normalized spacial score (nSPS) is 19.5. The summed E-state index contributed by atoms with van der Waals surface area (Å²) in [5.74, 6) is -0.306. The molecule has 1 aliphatic heterocycles. The lowest BCUT2D eigenvalue weighted by Crippen LogP contribution is -2.26. The second kappa shape index (κ2) is 4.99. The first kappa shape index (κ1) is 11.6. The van der Waals surface area contributed by atoms with Gasteiger partial charge in [0, 0.05) is 6.54 Å². The van der Waals surface area contributed by atoms with E-state index in [1.807, 2.05) is 13.0 Å². The van der Waals surface area contributed by atoms with Crippen LogP contribution in [0.15, 0.2) is 30.3 Å². The third kappa shape index (κ3) is 2.64. The zero-order valence-electron chi connectivity index (χ0n) is 9.76. The van der Waals surface area contributed by atoms with Crippen molar-refractivity contribution < 1.29 is 14.3 Å². The Morgan fingerprint density at radius 3 is 2.71 bits per heavy atom. The van der Waals surface area contributed by atoms with Crippen molar-refractivity contribution in [3.8, 4) is 0 Å². The van der Waals surface area contributed by atoms with Crippen LogP contribution < -0.4 is 0 Å².